The molecule has 2 fully saturated rings. The number of carbonyl (C=O) groups is 1. The lowest BCUT2D eigenvalue weighted by Crippen LogP contribution is -2.49. The number of hydrogen-bond donors (Lipinski definition) is 0. The highest BCUT2D eigenvalue weighted by atomic mass is 32.2. The van der Waals surface area contributed by atoms with Gasteiger partial charge in [-0.05, 0) is 38.3 Å². The van der Waals surface area contributed by atoms with Gasteiger partial charge in [-0.1, -0.05) is 5.16 Å². The predicted octanol–water partition coefficient (Wildman–Crippen LogP) is 2.26. The van der Waals surface area contributed by atoms with Crippen LogP contribution in [-0.4, -0.2) is 54.9 Å². The van der Waals surface area contributed by atoms with Gasteiger partial charge in [0.2, 0.25) is 5.91 Å². The Bertz CT molecular complexity index is 943. The molecule has 0 saturated carbocycles. The van der Waals surface area contributed by atoms with Crippen molar-refractivity contribution in [2.75, 3.05) is 20.1 Å². The summed E-state index contributed by atoms with van der Waals surface area (Å²) in [7, 11) is -1.81. The van der Waals surface area contributed by atoms with Crippen LogP contribution in [-0.2, 0) is 14.8 Å². The van der Waals surface area contributed by atoms with Gasteiger partial charge in [-0.15, -0.1) is 11.3 Å². The molecule has 0 unspecified atom stereocenters. The maximum Gasteiger partial charge on any atom is 0.252 e. The number of hydrogen-bond acceptors (Lipinski definition) is 6. The minimum Gasteiger partial charge on any atom is -0.361 e. The number of fused-ring (bicyclic) bond motifs is 1. The molecule has 4 heterocycles. The Kier molecular flexibility index (Phi) is 4.20. The van der Waals surface area contributed by atoms with Gasteiger partial charge in [0.05, 0.1) is 11.3 Å². The number of aryl methyl sites for hydroxylation is 2. The minimum atomic E-state index is -3.57. The van der Waals surface area contributed by atoms with E-state index in [1.54, 1.807) is 18.0 Å². The average molecular weight is 396 g/mol. The van der Waals surface area contributed by atoms with Gasteiger partial charge in [0.25, 0.3) is 10.0 Å². The lowest BCUT2D eigenvalue weighted by Gasteiger charge is -2.35. The number of sulfonamides is 1. The Hall–Kier alpha value is -1.71. The number of carbonyl (C=O) groups excluding carboxylic acids is 1. The first kappa shape index (κ1) is 17.7. The van der Waals surface area contributed by atoms with Crippen LogP contribution in [0.25, 0.3) is 10.4 Å². The van der Waals surface area contributed by atoms with E-state index in [0.717, 1.165) is 22.6 Å². The van der Waals surface area contributed by atoms with Crippen LogP contribution in [0.3, 0.4) is 0 Å². The molecule has 26 heavy (non-hydrogen) atoms. The number of likely N-dealkylation sites (N-methyl/N-ethyl adjacent to an activating group) is 1. The van der Waals surface area contributed by atoms with E-state index >= 15 is 0 Å². The van der Waals surface area contributed by atoms with Crippen LogP contribution in [0.5, 0.6) is 0 Å². The summed E-state index contributed by atoms with van der Waals surface area (Å²) >= 11 is 1.24. The first-order valence-electron chi connectivity index (χ1n) is 8.58. The van der Waals surface area contributed by atoms with Gasteiger partial charge in [-0.2, -0.15) is 4.31 Å². The first-order valence-corrected chi connectivity index (χ1v) is 10.8. The molecule has 2 atom stereocenters. The lowest BCUT2D eigenvalue weighted by molar-refractivity contribution is -0.127. The molecular weight excluding hydrogens is 374 g/mol. The molecule has 0 radical (unpaired) electrons. The summed E-state index contributed by atoms with van der Waals surface area (Å²) < 4.78 is 33.2. The molecule has 0 aliphatic carbocycles. The van der Waals surface area contributed by atoms with Crippen molar-refractivity contribution in [2.45, 2.75) is 36.9 Å². The van der Waals surface area contributed by atoms with E-state index < -0.39 is 10.0 Å². The highest BCUT2D eigenvalue weighted by Gasteiger charge is 2.44. The highest BCUT2D eigenvalue weighted by Crippen LogP contribution is 2.38. The monoisotopic (exact) mass is 395 g/mol. The van der Waals surface area contributed by atoms with Crippen LogP contribution in [0.1, 0.15) is 24.3 Å². The van der Waals surface area contributed by atoms with E-state index in [1.165, 1.54) is 15.6 Å². The van der Waals surface area contributed by atoms with Crippen molar-refractivity contribution < 1.29 is 17.7 Å². The largest absolute Gasteiger partial charge is 0.361 e. The van der Waals surface area contributed by atoms with E-state index in [1.807, 2.05) is 19.9 Å². The molecule has 0 bridgehead atoms. The van der Waals surface area contributed by atoms with Crippen molar-refractivity contribution >= 4 is 27.3 Å². The average Bonchev–Trinajstić information content (AvgIpc) is 3.27. The van der Waals surface area contributed by atoms with Crippen molar-refractivity contribution in [3.8, 4) is 10.4 Å². The predicted molar refractivity (Wildman–Crippen MR) is 97.3 cm³/mol. The molecule has 0 N–H and O–H groups in total. The van der Waals surface area contributed by atoms with Crippen LogP contribution < -0.4 is 0 Å². The number of amides is 1. The molecule has 140 valence electrons. The third-order valence-corrected chi connectivity index (χ3v) is 8.90. The fraction of sp³-hybridized carbons (Fsp3) is 0.529. The van der Waals surface area contributed by atoms with Crippen LogP contribution in [0.4, 0.5) is 0 Å². The van der Waals surface area contributed by atoms with E-state index in [9.17, 15) is 13.2 Å². The molecule has 4 rings (SSSR count). The van der Waals surface area contributed by atoms with Crippen LogP contribution in [0.15, 0.2) is 20.9 Å². The number of thiophene rings is 1. The minimum absolute atomic E-state index is 0.0204. The van der Waals surface area contributed by atoms with E-state index in [0.29, 0.717) is 29.5 Å². The summed E-state index contributed by atoms with van der Waals surface area (Å²) in [4.78, 5) is 14.5. The first-order chi connectivity index (χ1) is 12.3. The summed E-state index contributed by atoms with van der Waals surface area (Å²) in [6, 6.07) is 3.44. The van der Waals surface area contributed by atoms with Crippen molar-refractivity contribution in [1.82, 2.24) is 14.4 Å². The van der Waals surface area contributed by atoms with Gasteiger partial charge in [-0.25, -0.2) is 8.42 Å². The van der Waals surface area contributed by atoms with E-state index in [2.05, 4.69) is 5.16 Å². The van der Waals surface area contributed by atoms with Gasteiger partial charge in [0.15, 0.2) is 0 Å². The summed E-state index contributed by atoms with van der Waals surface area (Å²) in [6.07, 6.45) is 1.26. The SMILES string of the molecule is Cc1noc(C)c1-c1ccc(S(=O)(=O)N2CC[C@@H]3CC(=O)N(C)[C@@H]3C2)s1. The van der Waals surface area contributed by atoms with Crippen molar-refractivity contribution in [3.63, 3.8) is 0 Å². The maximum atomic E-state index is 13.1. The molecule has 1 amide bonds. The second-order valence-corrected chi connectivity index (χ2v) is 10.3. The van der Waals surface area contributed by atoms with Gasteiger partial charge in [0, 0.05) is 37.5 Å². The highest BCUT2D eigenvalue weighted by molar-refractivity contribution is 7.91. The third-order valence-electron chi connectivity index (χ3n) is 5.47. The molecule has 9 heteroatoms. The Morgan fingerprint density at radius 2 is 2.08 bits per heavy atom. The van der Waals surface area contributed by atoms with Gasteiger partial charge in [0.1, 0.15) is 9.97 Å². The number of rotatable bonds is 3. The zero-order valence-electron chi connectivity index (χ0n) is 14.9. The molecule has 2 aliphatic rings. The number of nitrogens with zero attached hydrogens (tertiary/aromatic N) is 3. The Morgan fingerprint density at radius 1 is 1.31 bits per heavy atom. The molecular formula is C17H21N3O4S2. The summed E-state index contributed by atoms with van der Waals surface area (Å²) in [5, 5.41) is 3.94. The van der Waals surface area contributed by atoms with E-state index in [4.69, 9.17) is 4.52 Å². The molecule has 0 spiro atoms. The van der Waals surface area contributed by atoms with Crippen molar-refractivity contribution in [2.24, 2.45) is 5.92 Å². The normalized spacial score (nSPS) is 24.3. The van der Waals surface area contributed by atoms with Gasteiger partial charge < -0.3 is 9.42 Å². The van der Waals surface area contributed by atoms with Crippen molar-refractivity contribution in [1.29, 1.82) is 0 Å². The second kappa shape index (κ2) is 6.17. The molecule has 2 aliphatic heterocycles. The van der Waals surface area contributed by atoms with Crippen LogP contribution >= 0.6 is 11.3 Å². The van der Waals surface area contributed by atoms with Crippen molar-refractivity contribution in [3.05, 3.63) is 23.6 Å². The Morgan fingerprint density at radius 3 is 2.77 bits per heavy atom. The molecule has 2 aromatic rings. The number of piperidine rings is 1. The quantitative estimate of drug-likeness (QED) is 0.796. The smallest absolute Gasteiger partial charge is 0.252 e. The topological polar surface area (TPSA) is 83.7 Å². The third kappa shape index (κ3) is 2.69. The standard InChI is InChI=1S/C17H21N3O4S2/c1-10-17(11(2)24-18-10)14-4-5-16(25-14)26(22,23)20-7-6-12-8-15(21)19(3)13(12)9-20/h4-5,12-13H,6-9H2,1-3H3/t12-,13-/m1/s1. The Labute approximate surface area is 156 Å². The lowest BCUT2D eigenvalue weighted by atomic mass is 9.93. The Balaban J connectivity index is 1.61. The molecule has 7 nitrogen and oxygen atoms in total. The zero-order valence-corrected chi connectivity index (χ0v) is 16.6. The van der Waals surface area contributed by atoms with E-state index in [-0.39, 0.29) is 17.9 Å². The zero-order chi connectivity index (χ0) is 18.6. The molecule has 2 aromatic heterocycles. The number of likely N-dealkylation sites (tertiary alicyclic amines) is 1. The fourth-order valence-corrected chi connectivity index (χ4v) is 7.03. The van der Waals surface area contributed by atoms with Crippen LogP contribution in [0, 0.1) is 19.8 Å². The van der Waals surface area contributed by atoms with Gasteiger partial charge >= 0.3 is 0 Å². The van der Waals surface area contributed by atoms with Gasteiger partial charge in [-0.3, -0.25) is 4.79 Å². The summed E-state index contributed by atoms with van der Waals surface area (Å²) in [5.74, 6) is 1.05. The molecule has 2 saturated heterocycles. The summed E-state index contributed by atoms with van der Waals surface area (Å²) in [6.45, 7) is 4.50. The second-order valence-electron chi connectivity index (χ2n) is 7.01. The summed E-state index contributed by atoms with van der Waals surface area (Å²) in [5.41, 5.74) is 1.61. The van der Waals surface area contributed by atoms with Crippen LogP contribution in [0.2, 0.25) is 0 Å². The fourth-order valence-electron chi connectivity index (χ4n) is 3.95. The maximum absolute atomic E-state index is 13.1. The number of aromatic nitrogens is 1. The molecule has 0 aromatic carbocycles.